The van der Waals surface area contributed by atoms with Crippen LogP contribution in [0.3, 0.4) is 0 Å². The van der Waals surface area contributed by atoms with Crippen molar-refractivity contribution in [3.05, 3.63) is 97.2 Å². The van der Waals surface area contributed by atoms with E-state index in [1.165, 1.54) is 0 Å². The minimum absolute atomic E-state index is 0. The summed E-state index contributed by atoms with van der Waals surface area (Å²) >= 11 is 0. The molecule has 4 heterocycles. The van der Waals surface area contributed by atoms with Crippen LogP contribution in [-0.2, 0) is 21.1 Å². The quantitative estimate of drug-likeness (QED) is 0.336. The zero-order valence-electron chi connectivity index (χ0n) is 18.3. The number of nitroso groups, excluding NO2 is 1. The molecule has 163 valence electrons. The number of hydrogen-bond acceptors (Lipinski definition) is 4. The summed E-state index contributed by atoms with van der Waals surface area (Å²) in [5.41, 5.74) is 5.75. The molecule has 9 nitrogen and oxygen atoms in total. The van der Waals surface area contributed by atoms with Crippen molar-refractivity contribution in [1.82, 2.24) is 34.4 Å². The molecule has 3 aromatic heterocycles. The topological polar surface area (TPSA) is 107 Å². The molecule has 31 heavy (non-hydrogen) atoms. The van der Waals surface area contributed by atoms with Crippen LogP contribution in [0.15, 0.2) is 55.4 Å². The van der Waals surface area contributed by atoms with E-state index in [0.717, 1.165) is 12.1 Å². The summed E-state index contributed by atoms with van der Waals surface area (Å²) in [4.78, 5) is 7.25. The summed E-state index contributed by atoms with van der Waals surface area (Å²) in [6, 6.07) is 7.80. The Bertz CT molecular complexity index is 666. The van der Waals surface area contributed by atoms with Gasteiger partial charge in [0.15, 0.2) is 0 Å². The number of nitrogens with zero attached hydrogens (tertiary/aromatic N) is 8. The standard InChI is InChI=1S/C9H9BN6.C7H9N.C3H9P.NO.W/c1-4-11-14(7-1)10(15-8-2-5-12-15)16-9-3-6-13-16;1-6-4-3-5-7(2)8-6;1-4(2)3;1-2;/h1-9H;3-5H,1-2H3;1-3H3;;/q-1;;;-1;+2. The summed E-state index contributed by atoms with van der Waals surface area (Å²) in [7, 11) is 0.185. The third kappa shape index (κ3) is 11.5. The summed E-state index contributed by atoms with van der Waals surface area (Å²) in [5.74, 6) is 0. The van der Waals surface area contributed by atoms with Crippen molar-refractivity contribution in [3.63, 3.8) is 0 Å². The molecule has 0 aromatic carbocycles. The van der Waals surface area contributed by atoms with Crippen LogP contribution >= 0.6 is 7.92 Å². The summed E-state index contributed by atoms with van der Waals surface area (Å²) < 4.78 is 5.38. The van der Waals surface area contributed by atoms with Gasteiger partial charge in [0, 0.05) is 18.6 Å². The molecule has 3 aromatic rings. The average Bonchev–Trinajstić information content (AvgIpc) is 3.49. The van der Waals surface area contributed by atoms with Crippen LogP contribution in [-0.4, -0.2) is 56.2 Å². The van der Waals surface area contributed by atoms with Crippen LogP contribution in [0.5, 0.6) is 0 Å². The first kappa shape index (κ1) is 29.4. The predicted octanol–water partition coefficient (Wildman–Crippen LogP) is 3.20. The van der Waals surface area contributed by atoms with Crippen LogP contribution in [0.25, 0.3) is 5.59 Å². The second kappa shape index (κ2) is 17.0. The van der Waals surface area contributed by atoms with Crippen molar-refractivity contribution in [2.75, 3.05) is 20.0 Å². The first-order chi connectivity index (χ1) is 14.5. The number of rotatable bonds is 3. The summed E-state index contributed by atoms with van der Waals surface area (Å²) in [6.07, 6.45) is 16.9. The molecule has 0 spiro atoms. The molecule has 7 radical (unpaired) electrons. The molecule has 1 fully saturated rings. The molecule has 0 bridgehead atoms. The minimum Gasteiger partial charge on any atom is -0.577 e. The van der Waals surface area contributed by atoms with E-state index in [2.05, 4.69) is 40.6 Å². The second-order valence-electron chi connectivity index (χ2n) is 6.57. The molecule has 1 aliphatic rings. The number of piperidine rings is 1. The first-order valence-electron chi connectivity index (χ1n) is 9.14. The molecule has 1 saturated heterocycles. The van der Waals surface area contributed by atoms with Gasteiger partial charge in [-0.3, -0.25) is 0 Å². The Kier molecular flexibility index (Phi) is 16.1. The molecule has 0 saturated carbocycles. The van der Waals surface area contributed by atoms with Gasteiger partial charge < -0.3 is 24.3 Å². The van der Waals surface area contributed by atoms with Crippen LogP contribution < -0.4 is 5.32 Å². The van der Waals surface area contributed by atoms with Crippen LogP contribution in [0.4, 0.5) is 0 Å². The molecule has 4 rings (SSSR count). The zero-order chi connectivity index (χ0) is 22.4. The largest absolute Gasteiger partial charge is 2.00 e. The van der Waals surface area contributed by atoms with Crippen molar-refractivity contribution in [3.8, 4) is 0 Å². The smallest absolute Gasteiger partial charge is 0.577 e. The monoisotopic (exact) mass is 609 g/mol. The van der Waals surface area contributed by atoms with Crippen molar-refractivity contribution >= 4 is 15.0 Å². The second-order valence-corrected chi connectivity index (χ2v) is 9.25. The average molecular weight is 609 g/mol. The van der Waals surface area contributed by atoms with Gasteiger partial charge >= 0.3 is 21.1 Å². The van der Waals surface area contributed by atoms with Gasteiger partial charge in [0.1, 0.15) is 0 Å². The zero-order valence-corrected chi connectivity index (χ0v) is 22.2. The third-order valence-electron chi connectivity index (χ3n) is 3.31. The Morgan fingerprint density at radius 2 is 1.10 bits per heavy atom. The van der Waals surface area contributed by atoms with Crippen LogP contribution in [0, 0.1) is 36.3 Å². The van der Waals surface area contributed by atoms with E-state index in [9.17, 15) is 0 Å². The molecular weight excluding hydrogens is 582 g/mol. The van der Waals surface area contributed by atoms with Crippen LogP contribution in [0.1, 0.15) is 13.8 Å². The van der Waals surface area contributed by atoms with E-state index < -0.39 is 0 Å². The van der Waals surface area contributed by atoms with Gasteiger partial charge in [-0.15, -0.1) is 7.92 Å². The van der Waals surface area contributed by atoms with Crippen molar-refractivity contribution in [1.29, 1.82) is 0 Å². The van der Waals surface area contributed by atoms with Crippen molar-refractivity contribution < 1.29 is 21.1 Å². The Hall–Kier alpha value is -1.63. The van der Waals surface area contributed by atoms with Gasteiger partial charge in [-0.1, -0.05) is 0 Å². The Morgan fingerprint density at radius 1 is 0.774 bits per heavy atom. The van der Waals surface area contributed by atoms with E-state index in [4.69, 9.17) is 10.5 Å². The van der Waals surface area contributed by atoms with Gasteiger partial charge in [-0.2, -0.15) is 0 Å². The fraction of sp³-hybridized carbons (Fsp3) is 0.263. The molecule has 12 heteroatoms. The normalized spacial score (nSPS) is 13.8. The molecular formula is C19H27BN8OPW. The van der Waals surface area contributed by atoms with E-state index >= 15 is 0 Å². The van der Waals surface area contributed by atoms with Gasteiger partial charge in [0.25, 0.3) is 7.12 Å². The Morgan fingerprint density at radius 3 is 1.29 bits per heavy atom. The van der Waals surface area contributed by atoms with Gasteiger partial charge in [0.2, 0.25) is 0 Å². The van der Waals surface area contributed by atoms with E-state index in [0.29, 0.717) is 7.92 Å². The van der Waals surface area contributed by atoms with Gasteiger partial charge in [-0.05, 0) is 89.9 Å². The molecule has 0 unspecified atom stereocenters. The molecule has 1 aliphatic heterocycles. The minimum atomic E-state index is -0.194. The molecule has 0 aliphatic carbocycles. The molecule has 0 amide bonds. The van der Waals surface area contributed by atoms with E-state index in [1.54, 1.807) is 32.4 Å². The Labute approximate surface area is 201 Å². The maximum Gasteiger partial charge on any atom is 2.00 e. The maximum atomic E-state index is 7.25. The van der Waals surface area contributed by atoms with Crippen LogP contribution in [0.2, 0.25) is 0 Å². The fourth-order valence-electron chi connectivity index (χ4n) is 2.29. The molecule has 0 atom stereocenters. The SMILES string of the molecule is CP(C)C.C[C]1[CH][CH][CH][C](C)[N]1.[N-]=O.[W+2].c1cnn([B-](n2cccn2)n2cccn2)c1. The van der Waals surface area contributed by atoms with E-state index in [-0.39, 0.29) is 28.2 Å². The number of aromatic nitrogens is 6. The third-order valence-corrected chi connectivity index (χ3v) is 3.31. The first-order valence-corrected chi connectivity index (χ1v) is 11.8. The summed E-state index contributed by atoms with van der Waals surface area (Å²) in [5, 5.41) is 16.8. The predicted molar refractivity (Wildman–Crippen MR) is 123 cm³/mol. The van der Waals surface area contributed by atoms with Crippen molar-refractivity contribution in [2.45, 2.75) is 13.8 Å². The fourth-order valence-corrected chi connectivity index (χ4v) is 2.29. The van der Waals surface area contributed by atoms with E-state index in [1.807, 2.05) is 69.9 Å². The van der Waals surface area contributed by atoms with Crippen molar-refractivity contribution in [2.24, 2.45) is 0 Å². The molecule has 0 N–H and O–H groups in total. The summed E-state index contributed by atoms with van der Waals surface area (Å²) in [6.45, 7) is 10.7. The number of hydrogen-bond donors (Lipinski definition) is 0. The van der Waals surface area contributed by atoms with Gasteiger partial charge in [-0.25, -0.2) is 20.6 Å². The maximum absolute atomic E-state index is 7.25. The van der Waals surface area contributed by atoms with Gasteiger partial charge in [0.05, 0.1) is 12.1 Å². The Balaban J connectivity index is 0.000000508.